The van der Waals surface area contributed by atoms with Crippen LogP contribution in [-0.2, 0) is 4.74 Å². The second-order valence-corrected chi connectivity index (χ2v) is 3.47. The van der Waals surface area contributed by atoms with E-state index in [1.165, 1.54) is 25.7 Å². The molecular weight excluding hydrogens is 162 g/mol. The van der Waals surface area contributed by atoms with Crippen molar-refractivity contribution in [1.82, 2.24) is 5.32 Å². The van der Waals surface area contributed by atoms with Crippen LogP contribution >= 0.6 is 12.4 Å². The topological polar surface area (TPSA) is 21.3 Å². The van der Waals surface area contributed by atoms with E-state index in [9.17, 15) is 0 Å². The van der Waals surface area contributed by atoms with E-state index in [4.69, 9.17) is 4.74 Å². The average Bonchev–Trinajstić information content (AvgIpc) is 2.30. The molecule has 2 atom stereocenters. The van der Waals surface area contributed by atoms with E-state index in [0.717, 1.165) is 12.1 Å². The Morgan fingerprint density at radius 1 is 1.18 bits per heavy atom. The van der Waals surface area contributed by atoms with Gasteiger partial charge in [-0.2, -0.15) is 0 Å². The van der Waals surface area contributed by atoms with E-state index >= 15 is 0 Å². The summed E-state index contributed by atoms with van der Waals surface area (Å²) in [7, 11) is 1.83. The molecule has 0 aliphatic carbocycles. The van der Waals surface area contributed by atoms with Gasteiger partial charge in [0.1, 0.15) is 0 Å². The van der Waals surface area contributed by atoms with Gasteiger partial charge < -0.3 is 10.1 Å². The van der Waals surface area contributed by atoms with Crippen LogP contribution in [-0.4, -0.2) is 25.3 Å². The zero-order valence-electron chi connectivity index (χ0n) is 6.88. The molecule has 2 bridgehead atoms. The highest BCUT2D eigenvalue weighted by Gasteiger charge is 2.33. The molecule has 2 nitrogen and oxygen atoms in total. The smallest absolute Gasteiger partial charge is 0.0601 e. The lowest BCUT2D eigenvalue weighted by molar-refractivity contribution is 0.0601. The van der Waals surface area contributed by atoms with Crippen LogP contribution < -0.4 is 5.32 Å². The number of hydrogen-bond acceptors (Lipinski definition) is 2. The third-order valence-electron chi connectivity index (χ3n) is 2.76. The number of piperidine rings is 1. The molecular formula is C8H16ClNO. The van der Waals surface area contributed by atoms with Crippen molar-refractivity contribution in [2.24, 2.45) is 0 Å². The van der Waals surface area contributed by atoms with Crippen molar-refractivity contribution in [3.8, 4) is 0 Å². The van der Waals surface area contributed by atoms with E-state index in [-0.39, 0.29) is 12.4 Å². The molecule has 0 aromatic rings. The molecule has 0 amide bonds. The Kier molecular flexibility index (Phi) is 3.16. The van der Waals surface area contributed by atoms with Crippen LogP contribution in [0.1, 0.15) is 25.7 Å². The molecule has 0 radical (unpaired) electrons. The molecule has 2 aliphatic heterocycles. The number of halogens is 1. The summed E-state index contributed by atoms with van der Waals surface area (Å²) >= 11 is 0. The zero-order chi connectivity index (χ0) is 6.97. The van der Waals surface area contributed by atoms with Crippen LogP contribution in [0.4, 0.5) is 0 Å². The van der Waals surface area contributed by atoms with Crippen LogP contribution in [0.3, 0.4) is 0 Å². The van der Waals surface area contributed by atoms with E-state index in [0.29, 0.717) is 6.10 Å². The number of nitrogens with one attached hydrogen (secondary N) is 1. The minimum atomic E-state index is 0. The third-order valence-corrected chi connectivity index (χ3v) is 2.76. The van der Waals surface area contributed by atoms with Crippen molar-refractivity contribution in [3.05, 3.63) is 0 Å². The van der Waals surface area contributed by atoms with Crippen molar-refractivity contribution in [1.29, 1.82) is 0 Å². The fraction of sp³-hybridized carbons (Fsp3) is 1.00. The molecule has 2 heterocycles. The summed E-state index contributed by atoms with van der Waals surface area (Å²) in [6.07, 6.45) is 5.73. The van der Waals surface area contributed by atoms with Gasteiger partial charge in [0.2, 0.25) is 0 Å². The van der Waals surface area contributed by atoms with Gasteiger partial charge in [0.25, 0.3) is 0 Å². The maximum Gasteiger partial charge on any atom is 0.0601 e. The van der Waals surface area contributed by atoms with Crippen LogP contribution in [0.5, 0.6) is 0 Å². The van der Waals surface area contributed by atoms with Crippen molar-refractivity contribution in [3.63, 3.8) is 0 Å². The summed E-state index contributed by atoms with van der Waals surface area (Å²) in [6, 6.07) is 1.53. The van der Waals surface area contributed by atoms with Crippen LogP contribution in [0.25, 0.3) is 0 Å². The first-order valence-electron chi connectivity index (χ1n) is 4.17. The first-order chi connectivity index (χ1) is 4.88. The lowest BCUT2D eigenvalue weighted by Crippen LogP contribution is -2.40. The summed E-state index contributed by atoms with van der Waals surface area (Å²) in [4.78, 5) is 0. The average molecular weight is 178 g/mol. The summed E-state index contributed by atoms with van der Waals surface area (Å²) in [5.41, 5.74) is 0. The van der Waals surface area contributed by atoms with Crippen LogP contribution in [0, 0.1) is 0 Å². The molecule has 2 aliphatic rings. The van der Waals surface area contributed by atoms with Gasteiger partial charge in [-0.1, -0.05) is 0 Å². The zero-order valence-corrected chi connectivity index (χ0v) is 7.69. The van der Waals surface area contributed by atoms with E-state index in [1.807, 2.05) is 7.11 Å². The van der Waals surface area contributed by atoms with E-state index < -0.39 is 0 Å². The molecule has 2 saturated heterocycles. The van der Waals surface area contributed by atoms with E-state index in [1.54, 1.807) is 0 Å². The predicted octanol–water partition coefficient (Wildman–Crippen LogP) is 1.34. The molecule has 0 spiro atoms. The maximum atomic E-state index is 5.33. The number of rotatable bonds is 1. The fourth-order valence-corrected chi connectivity index (χ4v) is 2.20. The molecule has 66 valence electrons. The van der Waals surface area contributed by atoms with Crippen molar-refractivity contribution >= 4 is 12.4 Å². The second kappa shape index (κ2) is 3.74. The minimum absolute atomic E-state index is 0. The Bertz CT molecular complexity index is 119. The summed E-state index contributed by atoms with van der Waals surface area (Å²) in [5, 5.41) is 3.57. The van der Waals surface area contributed by atoms with Crippen molar-refractivity contribution < 1.29 is 4.74 Å². The summed E-state index contributed by atoms with van der Waals surface area (Å²) in [6.45, 7) is 0. The van der Waals surface area contributed by atoms with Crippen LogP contribution in [0.15, 0.2) is 0 Å². The SMILES string of the molecule is COC1CC2CCC(C1)N2.Cl. The highest BCUT2D eigenvalue weighted by Crippen LogP contribution is 2.27. The number of hydrogen-bond donors (Lipinski definition) is 1. The van der Waals surface area contributed by atoms with Gasteiger partial charge in [0.05, 0.1) is 6.10 Å². The molecule has 0 aromatic heterocycles. The van der Waals surface area contributed by atoms with E-state index in [2.05, 4.69) is 5.32 Å². The number of fused-ring (bicyclic) bond motifs is 2. The second-order valence-electron chi connectivity index (χ2n) is 3.47. The van der Waals surface area contributed by atoms with Gasteiger partial charge >= 0.3 is 0 Å². The normalized spacial score (nSPS) is 41.7. The first kappa shape index (κ1) is 9.30. The number of ether oxygens (including phenoxy) is 1. The molecule has 0 aromatic carbocycles. The predicted molar refractivity (Wildman–Crippen MR) is 47.2 cm³/mol. The first-order valence-corrected chi connectivity index (χ1v) is 4.17. The lowest BCUT2D eigenvalue weighted by atomic mass is 10.0. The highest BCUT2D eigenvalue weighted by molar-refractivity contribution is 5.85. The fourth-order valence-electron chi connectivity index (χ4n) is 2.20. The molecule has 11 heavy (non-hydrogen) atoms. The summed E-state index contributed by atoms with van der Waals surface area (Å²) in [5.74, 6) is 0. The Morgan fingerprint density at radius 3 is 2.18 bits per heavy atom. The molecule has 3 heteroatoms. The Balaban J connectivity index is 0.000000605. The Labute approximate surface area is 74.1 Å². The standard InChI is InChI=1S/C8H15NO.ClH/c1-10-8-4-6-2-3-7(5-8)9-6;/h6-9H,2-5H2,1H3;1H. The Morgan fingerprint density at radius 2 is 1.73 bits per heavy atom. The van der Waals surface area contributed by atoms with Crippen molar-refractivity contribution in [2.75, 3.05) is 7.11 Å². The maximum absolute atomic E-state index is 5.33. The van der Waals surface area contributed by atoms with Gasteiger partial charge in [0.15, 0.2) is 0 Å². The third kappa shape index (κ3) is 1.86. The molecule has 2 fully saturated rings. The van der Waals surface area contributed by atoms with Gasteiger partial charge in [-0.3, -0.25) is 0 Å². The summed E-state index contributed by atoms with van der Waals surface area (Å²) < 4.78 is 5.33. The van der Waals surface area contributed by atoms with Gasteiger partial charge in [-0.15, -0.1) is 12.4 Å². The number of methoxy groups -OCH3 is 1. The van der Waals surface area contributed by atoms with Crippen LogP contribution in [0.2, 0.25) is 0 Å². The molecule has 2 rings (SSSR count). The molecule has 1 N–H and O–H groups in total. The largest absolute Gasteiger partial charge is 0.381 e. The molecule has 0 saturated carbocycles. The lowest BCUT2D eigenvalue weighted by Gasteiger charge is -2.27. The Hall–Kier alpha value is 0.210. The van der Waals surface area contributed by atoms with Gasteiger partial charge in [-0.25, -0.2) is 0 Å². The molecule has 2 unspecified atom stereocenters. The minimum Gasteiger partial charge on any atom is -0.381 e. The van der Waals surface area contributed by atoms with Gasteiger partial charge in [-0.05, 0) is 25.7 Å². The highest BCUT2D eigenvalue weighted by atomic mass is 35.5. The quantitative estimate of drug-likeness (QED) is 0.653. The van der Waals surface area contributed by atoms with Gasteiger partial charge in [0, 0.05) is 19.2 Å². The van der Waals surface area contributed by atoms with Crippen molar-refractivity contribution in [2.45, 2.75) is 43.9 Å². The monoisotopic (exact) mass is 177 g/mol.